The average molecular weight is 481 g/mol. The summed E-state index contributed by atoms with van der Waals surface area (Å²) in [6, 6.07) is 8.48. The van der Waals surface area contributed by atoms with E-state index in [1.807, 2.05) is 0 Å². The smallest absolute Gasteiger partial charge is 0.340 e. The standard InChI is InChI=1S/C22H28N2O8S/c1-22(2,3)24-33(27,28)15-9-7-14(8-10-15)32-13-20(25)23-17-12-19(30-5)18(29-4)11-16(17)21(26)31-6/h7-12,24H,13H2,1-6H3,(H,23,25). The Hall–Kier alpha value is -3.31. The lowest BCUT2D eigenvalue weighted by Gasteiger charge is -2.20. The third-order valence-corrected chi connectivity index (χ3v) is 5.92. The lowest BCUT2D eigenvalue weighted by molar-refractivity contribution is -0.118. The van der Waals surface area contributed by atoms with Crippen LogP contribution in [0.25, 0.3) is 0 Å². The number of amides is 1. The summed E-state index contributed by atoms with van der Waals surface area (Å²) in [5, 5.41) is 2.58. The zero-order valence-electron chi connectivity index (χ0n) is 19.3. The number of hydrogen-bond acceptors (Lipinski definition) is 8. The number of esters is 1. The quantitative estimate of drug-likeness (QED) is 0.524. The van der Waals surface area contributed by atoms with Gasteiger partial charge in [0.15, 0.2) is 18.1 Å². The van der Waals surface area contributed by atoms with E-state index in [1.54, 1.807) is 20.8 Å². The summed E-state index contributed by atoms with van der Waals surface area (Å²) < 4.78 is 47.9. The molecule has 1 amide bonds. The molecule has 0 aromatic heterocycles. The van der Waals surface area contributed by atoms with Crippen LogP contribution in [0.4, 0.5) is 5.69 Å². The Kier molecular flexibility index (Phi) is 8.29. The molecule has 0 unspecified atom stereocenters. The molecule has 0 aliphatic heterocycles. The first-order chi connectivity index (χ1) is 15.4. The van der Waals surface area contributed by atoms with Crippen molar-refractivity contribution in [3.8, 4) is 17.2 Å². The van der Waals surface area contributed by atoms with E-state index in [1.165, 1.54) is 57.7 Å². The molecular weight excluding hydrogens is 452 g/mol. The van der Waals surface area contributed by atoms with Crippen LogP contribution in [0, 0.1) is 0 Å². The minimum Gasteiger partial charge on any atom is -0.493 e. The summed E-state index contributed by atoms with van der Waals surface area (Å²) in [6.45, 7) is 4.83. The van der Waals surface area contributed by atoms with Crippen LogP contribution in [0.2, 0.25) is 0 Å². The van der Waals surface area contributed by atoms with E-state index in [-0.39, 0.29) is 22.8 Å². The molecule has 2 aromatic rings. The van der Waals surface area contributed by atoms with Gasteiger partial charge in [0.25, 0.3) is 5.91 Å². The molecule has 0 radical (unpaired) electrons. The highest BCUT2D eigenvalue weighted by atomic mass is 32.2. The molecule has 0 atom stereocenters. The maximum absolute atomic E-state index is 12.4. The van der Waals surface area contributed by atoms with Crippen molar-refractivity contribution in [2.75, 3.05) is 33.3 Å². The predicted octanol–water partition coefficient (Wildman–Crippen LogP) is 2.58. The average Bonchev–Trinajstić information content (AvgIpc) is 2.75. The van der Waals surface area contributed by atoms with Crippen molar-refractivity contribution in [3.05, 3.63) is 42.0 Å². The van der Waals surface area contributed by atoms with Crippen molar-refractivity contribution >= 4 is 27.6 Å². The first-order valence-electron chi connectivity index (χ1n) is 9.81. The maximum Gasteiger partial charge on any atom is 0.340 e. The summed E-state index contributed by atoms with van der Waals surface area (Å²) >= 11 is 0. The van der Waals surface area contributed by atoms with Gasteiger partial charge in [-0.1, -0.05) is 0 Å². The molecule has 10 nitrogen and oxygen atoms in total. The highest BCUT2D eigenvalue weighted by molar-refractivity contribution is 7.89. The molecule has 0 spiro atoms. The number of anilines is 1. The lowest BCUT2D eigenvalue weighted by atomic mass is 10.1. The maximum atomic E-state index is 12.4. The monoisotopic (exact) mass is 480 g/mol. The van der Waals surface area contributed by atoms with Crippen molar-refractivity contribution in [1.82, 2.24) is 4.72 Å². The second-order valence-corrected chi connectivity index (χ2v) is 9.59. The molecule has 0 saturated heterocycles. The molecule has 0 fully saturated rings. The second-order valence-electron chi connectivity index (χ2n) is 7.91. The Balaban J connectivity index is 2.11. The summed E-state index contributed by atoms with van der Waals surface area (Å²) in [6.07, 6.45) is 0. The Bertz CT molecular complexity index is 1110. The first kappa shape index (κ1) is 25.9. The van der Waals surface area contributed by atoms with Crippen LogP contribution in [0.15, 0.2) is 41.3 Å². The number of carbonyl (C=O) groups is 2. The van der Waals surface area contributed by atoms with Crippen molar-refractivity contribution in [2.45, 2.75) is 31.2 Å². The molecule has 2 rings (SSSR count). The van der Waals surface area contributed by atoms with Crippen LogP contribution >= 0.6 is 0 Å². The molecule has 2 aromatic carbocycles. The number of methoxy groups -OCH3 is 3. The highest BCUT2D eigenvalue weighted by Crippen LogP contribution is 2.33. The normalized spacial score (nSPS) is 11.5. The Morgan fingerprint density at radius 1 is 0.939 bits per heavy atom. The predicted molar refractivity (Wildman–Crippen MR) is 122 cm³/mol. The summed E-state index contributed by atoms with van der Waals surface area (Å²) in [5.41, 5.74) is -0.397. The number of carbonyl (C=O) groups excluding carboxylic acids is 2. The van der Waals surface area contributed by atoms with Crippen molar-refractivity contribution in [3.63, 3.8) is 0 Å². The van der Waals surface area contributed by atoms with E-state index >= 15 is 0 Å². The minimum atomic E-state index is -3.69. The molecule has 2 N–H and O–H groups in total. The van der Waals surface area contributed by atoms with E-state index in [0.717, 1.165) is 0 Å². The fourth-order valence-corrected chi connectivity index (χ4v) is 4.19. The van der Waals surface area contributed by atoms with Gasteiger partial charge in [-0.05, 0) is 45.0 Å². The number of rotatable bonds is 9. The number of sulfonamides is 1. The van der Waals surface area contributed by atoms with E-state index in [0.29, 0.717) is 17.2 Å². The molecule has 0 heterocycles. The number of nitrogens with one attached hydrogen (secondary N) is 2. The number of hydrogen-bond donors (Lipinski definition) is 2. The van der Waals surface area contributed by atoms with Gasteiger partial charge in [-0.15, -0.1) is 0 Å². The molecule has 33 heavy (non-hydrogen) atoms. The van der Waals surface area contributed by atoms with E-state index in [2.05, 4.69) is 10.0 Å². The number of ether oxygens (including phenoxy) is 4. The fraction of sp³-hybridized carbons (Fsp3) is 0.364. The van der Waals surface area contributed by atoms with Crippen molar-refractivity contribution < 1.29 is 37.0 Å². The van der Waals surface area contributed by atoms with Crippen LogP contribution < -0.4 is 24.2 Å². The Morgan fingerprint density at radius 3 is 2.03 bits per heavy atom. The van der Waals surface area contributed by atoms with Gasteiger partial charge in [0, 0.05) is 17.7 Å². The summed E-state index contributed by atoms with van der Waals surface area (Å²) in [5.74, 6) is -0.336. The fourth-order valence-electron chi connectivity index (χ4n) is 2.77. The molecule has 0 aliphatic rings. The molecular formula is C22H28N2O8S. The van der Waals surface area contributed by atoms with Gasteiger partial charge in [-0.3, -0.25) is 4.79 Å². The van der Waals surface area contributed by atoms with Gasteiger partial charge in [-0.25, -0.2) is 17.9 Å². The summed E-state index contributed by atoms with van der Waals surface area (Å²) in [4.78, 5) is 24.6. The van der Waals surface area contributed by atoms with Crippen LogP contribution in [0.3, 0.4) is 0 Å². The van der Waals surface area contributed by atoms with Gasteiger partial charge in [0.1, 0.15) is 5.75 Å². The van der Waals surface area contributed by atoms with E-state index in [4.69, 9.17) is 18.9 Å². The van der Waals surface area contributed by atoms with Gasteiger partial charge >= 0.3 is 5.97 Å². The summed E-state index contributed by atoms with van der Waals surface area (Å²) in [7, 11) is 0.371. The highest BCUT2D eigenvalue weighted by Gasteiger charge is 2.22. The Morgan fingerprint density at radius 2 is 1.52 bits per heavy atom. The third kappa shape index (κ3) is 7.09. The SMILES string of the molecule is COC(=O)c1cc(OC)c(OC)cc1NC(=O)COc1ccc(S(=O)(=O)NC(C)(C)C)cc1. The molecule has 180 valence electrons. The van der Waals surface area contributed by atoms with Crippen LogP contribution in [-0.4, -0.2) is 53.8 Å². The molecule has 0 bridgehead atoms. The van der Waals surface area contributed by atoms with Crippen LogP contribution in [0.5, 0.6) is 17.2 Å². The van der Waals surface area contributed by atoms with Gasteiger partial charge in [0.2, 0.25) is 10.0 Å². The number of benzene rings is 2. The minimum absolute atomic E-state index is 0.0716. The molecule has 11 heteroatoms. The Labute approximate surface area is 193 Å². The largest absolute Gasteiger partial charge is 0.493 e. The topological polar surface area (TPSA) is 129 Å². The third-order valence-electron chi connectivity index (χ3n) is 4.15. The van der Waals surface area contributed by atoms with Crippen molar-refractivity contribution in [2.24, 2.45) is 0 Å². The van der Waals surface area contributed by atoms with Gasteiger partial charge in [-0.2, -0.15) is 0 Å². The second kappa shape index (κ2) is 10.5. The van der Waals surface area contributed by atoms with Crippen molar-refractivity contribution in [1.29, 1.82) is 0 Å². The van der Waals surface area contributed by atoms with Gasteiger partial charge in [0.05, 0.1) is 37.5 Å². The zero-order chi connectivity index (χ0) is 24.8. The lowest BCUT2D eigenvalue weighted by Crippen LogP contribution is -2.40. The van der Waals surface area contributed by atoms with Crippen LogP contribution in [0.1, 0.15) is 31.1 Å². The van der Waals surface area contributed by atoms with Crippen LogP contribution in [-0.2, 0) is 19.6 Å². The zero-order valence-corrected chi connectivity index (χ0v) is 20.2. The first-order valence-corrected chi connectivity index (χ1v) is 11.3. The molecule has 0 saturated carbocycles. The molecule has 0 aliphatic carbocycles. The van der Waals surface area contributed by atoms with Gasteiger partial charge < -0.3 is 24.3 Å². The van der Waals surface area contributed by atoms with E-state index < -0.39 is 27.4 Å². The van der Waals surface area contributed by atoms with E-state index in [9.17, 15) is 18.0 Å².